The zero-order chi connectivity index (χ0) is 18.4. The summed E-state index contributed by atoms with van der Waals surface area (Å²) >= 11 is 0. The van der Waals surface area contributed by atoms with Crippen molar-refractivity contribution in [2.24, 2.45) is 0 Å². The van der Waals surface area contributed by atoms with Crippen LogP contribution < -0.4 is 0 Å². The Bertz CT molecular complexity index is 379. The molecule has 0 aromatic rings. The van der Waals surface area contributed by atoms with Crippen LogP contribution in [0.3, 0.4) is 0 Å². The highest BCUT2D eigenvalue weighted by atomic mass is 16.5. The maximum absolute atomic E-state index is 9.04. The average Bonchev–Trinajstić information content (AvgIpc) is 2.63. The monoisotopic (exact) mass is 352 g/mol. The van der Waals surface area contributed by atoms with E-state index < -0.39 is 6.10 Å². The summed E-state index contributed by atoms with van der Waals surface area (Å²) in [5.74, 6) is 5.72. The Kier molecular flexibility index (Phi) is 19.7. The van der Waals surface area contributed by atoms with Crippen molar-refractivity contribution < 1.29 is 20.1 Å². The van der Waals surface area contributed by atoms with Crippen molar-refractivity contribution in [3.63, 3.8) is 0 Å². The van der Waals surface area contributed by atoms with Crippen molar-refractivity contribution in [1.29, 1.82) is 0 Å². The molecular formula is C21H36O4. The van der Waals surface area contributed by atoms with E-state index >= 15 is 0 Å². The molecule has 0 heterocycles. The Balaban J connectivity index is 3.30. The van der Waals surface area contributed by atoms with Crippen molar-refractivity contribution in [1.82, 2.24) is 0 Å². The van der Waals surface area contributed by atoms with Gasteiger partial charge < -0.3 is 20.1 Å². The van der Waals surface area contributed by atoms with Crippen LogP contribution in [-0.2, 0) is 4.74 Å². The summed E-state index contributed by atoms with van der Waals surface area (Å²) in [4.78, 5) is 0. The minimum absolute atomic E-state index is 0.0776. The van der Waals surface area contributed by atoms with Crippen LogP contribution in [0.25, 0.3) is 0 Å². The van der Waals surface area contributed by atoms with Crippen LogP contribution in [0.2, 0.25) is 0 Å². The molecule has 0 saturated carbocycles. The Morgan fingerprint density at radius 2 is 1.32 bits per heavy atom. The highest BCUT2D eigenvalue weighted by molar-refractivity contribution is 5.22. The normalized spacial score (nSPS) is 12.4. The van der Waals surface area contributed by atoms with Gasteiger partial charge >= 0.3 is 0 Å². The van der Waals surface area contributed by atoms with Gasteiger partial charge in [-0.3, -0.25) is 0 Å². The molecule has 0 spiro atoms. The van der Waals surface area contributed by atoms with Gasteiger partial charge in [-0.25, -0.2) is 0 Å². The molecule has 0 amide bonds. The summed E-state index contributed by atoms with van der Waals surface area (Å²) in [5.41, 5.74) is 0. The first kappa shape index (κ1) is 23.7. The first-order valence-electron chi connectivity index (χ1n) is 9.63. The lowest BCUT2D eigenvalue weighted by Crippen LogP contribution is -2.17. The second-order valence-electron chi connectivity index (χ2n) is 6.21. The fourth-order valence-corrected chi connectivity index (χ4v) is 2.33. The second-order valence-corrected chi connectivity index (χ2v) is 6.21. The number of unbranched alkanes of at least 4 members (excludes halogenated alkanes) is 10. The minimum atomic E-state index is -0.839. The third-order valence-corrected chi connectivity index (χ3v) is 3.81. The topological polar surface area (TPSA) is 69.9 Å². The molecule has 3 N–H and O–H groups in total. The maximum atomic E-state index is 9.04. The number of allylic oxidation sites excluding steroid dienone is 3. The molecule has 0 aromatic heterocycles. The first-order valence-corrected chi connectivity index (χ1v) is 9.63. The van der Waals surface area contributed by atoms with Crippen LogP contribution in [0, 0.1) is 11.8 Å². The molecule has 1 atom stereocenters. The Labute approximate surface area is 153 Å². The SMILES string of the molecule is OCCCCCCCCCCCC/C=C\C#C/C=C\OC[C@@H](O)CO. The highest BCUT2D eigenvalue weighted by Gasteiger charge is 1.98. The van der Waals surface area contributed by atoms with Crippen LogP contribution in [0.15, 0.2) is 24.5 Å². The molecule has 4 heteroatoms. The molecule has 0 aliphatic heterocycles. The van der Waals surface area contributed by atoms with Crippen LogP contribution >= 0.6 is 0 Å². The molecule has 0 aliphatic carbocycles. The van der Waals surface area contributed by atoms with Crippen molar-refractivity contribution in [3.8, 4) is 11.8 Å². The van der Waals surface area contributed by atoms with E-state index in [9.17, 15) is 0 Å². The zero-order valence-electron chi connectivity index (χ0n) is 15.5. The van der Waals surface area contributed by atoms with E-state index in [1.165, 1.54) is 64.0 Å². The first-order chi connectivity index (χ1) is 12.3. The van der Waals surface area contributed by atoms with Gasteiger partial charge in [0.1, 0.15) is 12.7 Å². The van der Waals surface area contributed by atoms with Gasteiger partial charge in [0.25, 0.3) is 0 Å². The number of aliphatic hydroxyl groups is 3. The molecule has 4 nitrogen and oxygen atoms in total. The molecule has 0 bridgehead atoms. The van der Waals surface area contributed by atoms with E-state index in [0.29, 0.717) is 6.61 Å². The quantitative estimate of drug-likeness (QED) is 0.225. The summed E-state index contributed by atoms with van der Waals surface area (Å²) in [7, 11) is 0. The predicted molar refractivity (Wildman–Crippen MR) is 103 cm³/mol. The lowest BCUT2D eigenvalue weighted by molar-refractivity contribution is 0.0385. The summed E-state index contributed by atoms with van der Waals surface area (Å²) in [6, 6.07) is 0. The fourth-order valence-electron chi connectivity index (χ4n) is 2.33. The lowest BCUT2D eigenvalue weighted by atomic mass is 10.1. The van der Waals surface area contributed by atoms with Crippen molar-refractivity contribution in [2.45, 2.75) is 76.7 Å². The van der Waals surface area contributed by atoms with Crippen LogP contribution in [0.4, 0.5) is 0 Å². The smallest absolute Gasteiger partial charge is 0.115 e. The van der Waals surface area contributed by atoms with Gasteiger partial charge in [0, 0.05) is 12.7 Å². The largest absolute Gasteiger partial charge is 0.498 e. The molecule has 0 aliphatic rings. The molecular weight excluding hydrogens is 316 g/mol. The minimum Gasteiger partial charge on any atom is -0.498 e. The van der Waals surface area contributed by atoms with Gasteiger partial charge in [-0.1, -0.05) is 69.3 Å². The molecule has 0 saturated heterocycles. The van der Waals surface area contributed by atoms with Gasteiger partial charge in [0.05, 0.1) is 12.9 Å². The number of hydrogen-bond acceptors (Lipinski definition) is 4. The summed E-state index contributed by atoms with van der Waals surface area (Å²) in [5, 5.41) is 26.3. The van der Waals surface area contributed by atoms with E-state index in [1.54, 1.807) is 6.08 Å². The standard InChI is InChI=1S/C21H36O4/c22-17-15-13-11-9-7-5-3-1-2-4-6-8-10-12-14-16-18-25-20-21(24)19-23/h8,10,16,18,21-24H,1-7,9,11,13,15,17,19-20H2/b10-8-,18-16-/t21-/m0/s1. The zero-order valence-corrected chi connectivity index (χ0v) is 15.5. The van der Waals surface area contributed by atoms with Gasteiger partial charge in [-0.2, -0.15) is 0 Å². The molecule has 0 rings (SSSR count). The van der Waals surface area contributed by atoms with E-state index in [0.717, 1.165) is 12.8 Å². The number of ether oxygens (including phenoxy) is 1. The molecule has 25 heavy (non-hydrogen) atoms. The van der Waals surface area contributed by atoms with Crippen LogP contribution in [-0.4, -0.2) is 41.2 Å². The van der Waals surface area contributed by atoms with E-state index in [1.807, 2.05) is 6.08 Å². The Morgan fingerprint density at radius 3 is 1.92 bits per heavy atom. The lowest BCUT2D eigenvalue weighted by Gasteiger charge is -2.04. The van der Waals surface area contributed by atoms with Gasteiger partial charge in [0.15, 0.2) is 0 Å². The van der Waals surface area contributed by atoms with Crippen molar-refractivity contribution >= 4 is 0 Å². The maximum Gasteiger partial charge on any atom is 0.115 e. The molecule has 0 fully saturated rings. The third kappa shape index (κ3) is 20.7. The number of aliphatic hydroxyl groups excluding tert-OH is 3. The summed E-state index contributed by atoms with van der Waals surface area (Å²) < 4.78 is 4.98. The molecule has 0 radical (unpaired) electrons. The second kappa shape index (κ2) is 20.8. The predicted octanol–water partition coefficient (Wildman–Crippen LogP) is 3.71. The Morgan fingerprint density at radius 1 is 0.760 bits per heavy atom. The Hall–Kier alpha value is -1.28. The van der Waals surface area contributed by atoms with Crippen molar-refractivity contribution in [3.05, 3.63) is 24.5 Å². The van der Waals surface area contributed by atoms with E-state index in [-0.39, 0.29) is 13.2 Å². The average molecular weight is 353 g/mol. The van der Waals surface area contributed by atoms with Crippen molar-refractivity contribution in [2.75, 3.05) is 19.8 Å². The number of rotatable bonds is 16. The summed E-state index contributed by atoms with van der Waals surface area (Å²) in [6.07, 6.45) is 19.7. The third-order valence-electron chi connectivity index (χ3n) is 3.81. The van der Waals surface area contributed by atoms with Gasteiger partial charge in [0.2, 0.25) is 0 Å². The highest BCUT2D eigenvalue weighted by Crippen LogP contribution is 2.11. The number of hydrogen-bond donors (Lipinski definition) is 3. The summed E-state index contributed by atoms with van der Waals surface area (Å²) in [6.45, 7) is 0.115. The molecule has 0 unspecified atom stereocenters. The molecule has 0 aromatic carbocycles. The van der Waals surface area contributed by atoms with E-state index in [2.05, 4.69) is 17.9 Å². The van der Waals surface area contributed by atoms with Gasteiger partial charge in [-0.05, 0) is 25.3 Å². The molecule has 144 valence electrons. The van der Waals surface area contributed by atoms with Crippen LogP contribution in [0.5, 0.6) is 0 Å². The van der Waals surface area contributed by atoms with Gasteiger partial charge in [-0.15, -0.1) is 0 Å². The van der Waals surface area contributed by atoms with E-state index in [4.69, 9.17) is 20.1 Å². The van der Waals surface area contributed by atoms with Crippen LogP contribution in [0.1, 0.15) is 70.6 Å². The fraction of sp³-hybridized carbons (Fsp3) is 0.714.